The predicted molar refractivity (Wildman–Crippen MR) is 130 cm³/mol. The van der Waals surface area contributed by atoms with Crippen LogP contribution in [0.1, 0.15) is 32.8 Å². The molecule has 2 saturated heterocycles. The Morgan fingerprint density at radius 3 is 2.38 bits per heavy atom. The van der Waals surface area contributed by atoms with Crippen LogP contribution in [0.25, 0.3) is 0 Å². The molecule has 2 aliphatic heterocycles. The van der Waals surface area contributed by atoms with Gasteiger partial charge in [-0.2, -0.15) is 0 Å². The van der Waals surface area contributed by atoms with Gasteiger partial charge in [-0.3, -0.25) is 0 Å². The fourth-order valence-corrected chi connectivity index (χ4v) is 5.35. The first-order chi connectivity index (χ1) is 15.8. The number of rotatable bonds is 3. The summed E-state index contributed by atoms with van der Waals surface area (Å²) in [5.41, 5.74) is -0.877. The number of halogens is 2. The Morgan fingerprint density at radius 2 is 1.76 bits per heavy atom. The smallest absolute Gasteiger partial charge is 0.410 e. The Labute approximate surface area is 210 Å². The molecule has 1 aromatic carbocycles. The van der Waals surface area contributed by atoms with Crippen molar-refractivity contribution in [1.82, 2.24) is 15.1 Å². The molecule has 0 aromatic heterocycles. The van der Waals surface area contributed by atoms with E-state index in [2.05, 4.69) is 5.32 Å². The summed E-state index contributed by atoms with van der Waals surface area (Å²) in [6.07, 6.45) is -0.0571. The first-order valence-corrected chi connectivity index (χ1v) is 13.7. The third-order valence-corrected chi connectivity index (χ3v) is 8.13. The average molecular weight is 536 g/mol. The van der Waals surface area contributed by atoms with Crippen LogP contribution < -0.4 is 5.32 Å². The molecule has 1 atom stereocenters. The van der Waals surface area contributed by atoms with Gasteiger partial charge in [0.1, 0.15) is 11.2 Å². The van der Waals surface area contributed by atoms with Gasteiger partial charge in [-0.15, -0.1) is 0 Å². The van der Waals surface area contributed by atoms with E-state index in [-0.39, 0.29) is 43.8 Å². The van der Waals surface area contributed by atoms with Crippen LogP contribution in [0, 0.1) is 0 Å². The van der Waals surface area contributed by atoms with E-state index in [1.807, 2.05) is 0 Å². The van der Waals surface area contributed by atoms with Crippen molar-refractivity contribution >= 4 is 45.2 Å². The van der Waals surface area contributed by atoms with Crippen molar-refractivity contribution in [3.05, 3.63) is 33.8 Å². The number of sulfone groups is 1. The van der Waals surface area contributed by atoms with Gasteiger partial charge >= 0.3 is 12.1 Å². The summed E-state index contributed by atoms with van der Waals surface area (Å²) in [5, 5.41) is 3.63. The molecular weight excluding hydrogens is 505 g/mol. The van der Waals surface area contributed by atoms with Crippen LogP contribution in [0.5, 0.6) is 0 Å². The molecule has 3 rings (SSSR count). The Hall–Kier alpha value is -1.75. The van der Waals surface area contributed by atoms with Crippen molar-refractivity contribution < 1.29 is 27.5 Å². The van der Waals surface area contributed by atoms with Gasteiger partial charge in [0.2, 0.25) is 0 Å². The van der Waals surface area contributed by atoms with Crippen molar-refractivity contribution in [3.8, 4) is 0 Å². The average Bonchev–Trinajstić information content (AvgIpc) is 2.96. The molecule has 0 bridgehead atoms. The molecule has 0 aliphatic carbocycles. The van der Waals surface area contributed by atoms with Crippen molar-refractivity contribution in [2.75, 3.05) is 50.8 Å². The minimum atomic E-state index is -3.10. The third-order valence-electron chi connectivity index (χ3n) is 5.78. The van der Waals surface area contributed by atoms with Gasteiger partial charge in [-0.25, -0.2) is 18.0 Å². The van der Waals surface area contributed by atoms with Gasteiger partial charge in [-0.05, 0) is 38.5 Å². The minimum absolute atomic E-state index is 0.0558. The van der Waals surface area contributed by atoms with Crippen LogP contribution in [0.3, 0.4) is 0 Å². The highest BCUT2D eigenvalue weighted by Crippen LogP contribution is 2.35. The van der Waals surface area contributed by atoms with E-state index in [1.54, 1.807) is 43.9 Å². The maximum absolute atomic E-state index is 12.8. The van der Waals surface area contributed by atoms with E-state index < -0.39 is 27.1 Å². The number of hydrogen-bond donors (Lipinski definition) is 1. The van der Waals surface area contributed by atoms with E-state index in [1.165, 1.54) is 4.90 Å². The summed E-state index contributed by atoms with van der Waals surface area (Å²) in [5.74, 6) is -0.112. The first-order valence-electron chi connectivity index (χ1n) is 11.1. The predicted octanol–water partition coefficient (Wildman–Crippen LogP) is 3.29. The summed E-state index contributed by atoms with van der Waals surface area (Å²) >= 11 is 12.4. The van der Waals surface area contributed by atoms with E-state index in [0.29, 0.717) is 29.6 Å². The van der Waals surface area contributed by atoms with Gasteiger partial charge in [0.05, 0.1) is 34.7 Å². The quantitative estimate of drug-likeness (QED) is 0.636. The molecule has 34 heavy (non-hydrogen) atoms. The number of amides is 3. The summed E-state index contributed by atoms with van der Waals surface area (Å²) in [6.45, 7) is 6.69. The lowest BCUT2D eigenvalue weighted by molar-refractivity contribution is -0.0409. The van der Waals surface area contributed by atoms with Crippen LogP contribution in [-0.4, -0.2) is 86.8 Å². The van der Waals surface area contributed by atoms with E-state index in [9.17, 15) is 18.0 Å². The van der Waals surface area contributed by atoms with Gasteiger partial charge in [0.25, 0.3) is 0 Å². The number of urea groups is 1. The zero-order valence-electron chi connectivity index (χ0n) is 19.6. The molecule has 2 fully saturated rings. The lowest BCUT2D eigenvalue weighted by Crippen LogP contribution is -2.51. The number of nitrogens with one attached hydrogen (secondary N) is 1. The Morgan fingerprint density at radius 1 is 1.09 bits per heavy atom. The number of nitrogens with zero attached hydrogens (tertiary/aromatic N) is 2. The van der Waals surface area contributed by atoms with E-state index in [4.69, 9.17) is 32.7 Å². The van der Waals surface area contributed by atoms with Gasteiger partial charge < -0.3 is 24.6 Å². The molecule has 3 amide bonds. The van der Waals surface area contributed by atoms with E-state index in [0.717, 1.165) is 5.56 Å². The normalized spacial score (nSPS) is 23.2. The SMILES string of the molecule is CC(C)(C)OC(=O)N1CCO[C@](CNC(=O)N2CCS(=O)(=O)CC2)(c2ccc(Cl)c(Cl)c2)CC1. The highest BCUT2D eigenvalue weighted by atomic mass is 35.5. The van der Waals surface area contributed by atoms with Crippen molar-refractivity contribution in [3.63, 3.8) is 0 Å². The summed E-state index contributed by atoms with van der Waals surface area (Å²) < 4.78 is 35.1. The third kappa shape index (κ3) is 6.90. The standard InChI is InChI=1S/C22H31Cl2N3O6S/c1-21(2,3)33-20(29)27-7-6-22(32-11-8-27,16-4-5-17(23)18(24)14-16)15-25-19(28)26-9-12-34(30,31)13-10-26/h4-5,14H,6-13,15H2,1-3H3,(H,25,28)/t22-/m1/s1. The molecule has 2 aliphatic rings. The summed E-state index contributed by atoms with van der Waals surface area (Å²) in [7, 11) is -3.10. The monoisotopic (exact) mass is 535 g/mol. The molecule has 9 nitrogen and oxygen atoms in total. The topological polar surface area (TPSA) is 105 Å². The van der Waals surface area contributed by atoms with Crippen molar-refractivity contribution in [1.29, 1.82) is 0 Å². The fourth-order valence-electron chi connectivity index (χ4n) is 3.85. The molecule has 1 aromatic rings. The Bertz CT molecular complexity index is 1020. The van der Waals surface area contributed by atoms with Gasteiger partial charge in [-0.1, -0.05) is 29.3 Å². The molecule has 12 heteroatoms. The molecule has 2 heterocycles. The molecule has 0 radical (unpaired) electrons. The van der Waals surface area contributed by atoms with Crippen molar-refractivity contribution in [2.45, 2.75) is 38.4 Å². The second kappa shape index (κ2) is 10.5. The zero-order valence-corrected chi connectivity index (χ0v) is 21.9. The first kappa shape index (κ1) is 26.8. The van der Waals surface area contributed by atoms with Crippen LogP contribution in [0.2, 0.25) is 10.0 Å². The zero-order chi connectivity index (χ0) is 25.1. The lowest BCUT2D eigenvalue weighted by atomic mass is 9.89. The number of ether oxygens (including phenoxy) is 2. The van der Waals surface area contributed by atoms with Gasteiger partial charge in [0.15, 0.2) is 9.84 Å². The maximum Gasteiger partial charge on any atom is 0.410 e. The van der Waals surface area contributed by atoms with Gasteiger partial charge in [0, 0.05) is 32.6 Å². The van der Waals surface area contributed by atoms with Crippen molar-refractivity contribution in [2.24, 2.45) is 0 Å². The molecule has 0 unspecified atom stereocenters. The number of benzene rings is 1. The molecular formula is C22H31Cl2N3O6S. The highest BCUT2D eigenvalue weighted by molar-refractivity contribution is 7.91. The van der Waals surface area contributed by atoms with E-state index >= 15 is 0 Å². The second-order valence-corrected chi connectivity index (χ2v) is 12.6. The van der Waals surface area contributed by atoms with Crippen LogP contribution in [-0.2, 0) is 24.9 Å². The summed E-state index contributed by atoms with van der Waals surface area (Å²) in [4.78, 5) is 28.5. The van der Waals surface area contributed by atoms with Crippen LogP contribution in [0.4, 0.5) is 9.59 Å². The summed E-state index contributed by atoms with van der Waals surface area (Å²) in [6, 6.07) is 4.79. The largest absolute Gasteiger partial charge is 0.444 e. The highest BCUT2D eigenvalue weighted by Gasteiger charge is 2.39. The minimum Gasteiger partial charge on any atom is -0.444 e. The number of hydrogen-bond acceptors (Lipinski definition) is 6. The van der Waals surface area contributed by atoms with Crippen LogP contribution >= 0.6 is 23.2 Å². The maximum atomic E-state index is 12.8. The molecule has 190 valence electrons. The Balaban J connectivity index is 1.78. The molecule has 0 saturated carbocycles. The second-order valence-electron chi connectivity index (χ2n) is 9.49. The fraction of sp³-hybridized carbons (Fsp3) is 0.636. The van der Waals surface area contributed by atoms with Crippen LogP contribution in [0.15, 0.2) is 18.2 Å². The Kier molecular flexibility index (Phi) is 8.27. The number of carbonyl (C=O) groups excluding carboxylic acids is 2. The molecule has 0 spiro atoms. The molecule has 1 N–H and O–H groups in total. The number of carbonyl (C=O) groups is 2. The lowest BCUT2D eigenvalue weighted by Gasteiger charge is -2.35.